The zero-order chi connectivity index (χ0) is 10.1. The molecule has 13 heavy (non-hydrogen) atoms. The number of hydrogen-bond acceptors (Lipinski definition) is 1. The number of halogens is 4. The first-order valence-corrected chi connectivity index (χ1v) is 4.42. The summed E-state index contributed by atoms with van der Waals surface area (Å²) in [4.78, 5) is 11.3. The third-order valence-electron chi connectivity index (χ3n) is 1.34. The van der Waals surface area contributed by atoms with Gasteiger partial charge in [-0.2, -0.15) is 0 Å². The Morgan fingerprint density at radius 2 is 1.92 bits per heavy atom. The van der Waals surface area contributed by atoms with Crippen LogP contribution in [0.4, 0.5) is 4.39 Å². The highest BCUT2D eigenvalue weighted by molar-refractivity contribution is 6.77. The van der Waals surface area contributed by atoms with Crippen molar-refractivity contribution in [1.29, 1.82) is 0 Å². The minimum absolute atomic E-state index is 0.0417. The van der Waals surface area contributed by atoms with E-state index in [0.717, 1.165) is 6.07 Å². The second kappa shape index (κ2) is 3.82. The van der Waals surface area contributed by atoms with Crippen LogP contribution in [0, 0.1) is 5.82 Å². The van der Waals surface area contributed by atoms with Crippen LogP contribution in [0.3, 0.4) is 0 Å². The van der Waals surface area contributed by atoms with Crippen LogP contribution in [0.5, 0.6) is 0 Å². The third-order valence-corrected chi connectivity index (χ3v) is 1.86. The quantitative estimate of drug-likeness (QED) is 0.544. The lowest BCUT2D eigenvalue weighted by atomic mass is 10.1. The monoisotopic (exact) mass is 240 g/mol. The molecule has 5 heteroatoms. The number of carbonyl (C=O) groups excluding carboxylic acids is 1. The number of rotatable bonds is 1. The molecule has 1 nitrogen and oxygen atoms in total. The maximum Gasteiger partial charge on any atom is 0.253 e. The van der Waals surface area contributed by atoms with Crippen LogP contribution in [-0.4, -0.2) is 9.58 Å². The van der Waals surface area contributed by atoms with Gasteiger partial charge in [0, 0.05) is 5.56 Å². The van der Waals surface area contributed by atoms with Crippen molar-refractivity contribution in [3.63, 3.8) is 0 Å². The van der Waals surface area contributed by atoms with E-state index in [-0.39, 0.29) is 5.56 Å². The molecule has 0 fully saturated rings. The molecule has 1 rings (SSSR count). The number of ketones is 1. The molecule has 0 aliphatic rings. The van der Waals surface area contributed by atoms with Crippen molar-refractivity contribution in [3.8, 4) is 0 Å². The summed E-state index contributed by atoms with van der Waals surface area (Å²) in [5.41, 5.74) is 0.0417. The first kappa shape index (κ1) is 10.8. The molecule has 1 aromatic rings. The van der Waals surface area contributed by atoms with Gasteiger partial charge in [0.2, 0.25) is 5.78 Å². The maximum absolute atomic E-state index is 12.6. The second-order valence-corrected chi connectivity index (χ2v) is 4.62. The van der Waals surface area contributed by atoms with Crippen LogP contribution in [0.25, 0.3) is 0 Å². The van der Waals surface area contributed by atoms with Crippen molar-refractivity contribution < 1.29 is 9.18 Å². The Labute approximate surface area is 89.4 Å². The van der Waals surface area contributed by atoms with Crippen molar-refractivity contribution in [3.05, 3.63) is 35.6 Å². The van der Waals surface area contributed by atoms with Gasteiger partial charge in [-0.3, -0.25) is 4.79 Å². The van der Waals surface area contributed by atoms with Crippen molar-refractivity contribution in [2.24, 2.45) is 0 Å². The van der Waals surface area contributed by atoms with Gasteiger partial charge in [-0.25, -0.2) is 4.39 Å². The molecule has 0 saturated carbocycles. The van der Waals surface area contributed by atoms with Crippen LogP contribution in [-0.2, 0) is 0 Å². The van der Waals surface area contributed by atoms with Gasteiger partial charge >= 0.3 is 0 Å². The summed E-state index contributed by atoms with van der Waals surface area (Å²) in [6.45, 7) is 0. The van der Waals surface area contributed by atoms with E-state index in [4.69, 9.17) is 34.8 Å². The number of benzene rings is 1. The normalized spacial score (nSPS) is 11.4. The second-order valence-electron chi connectivity index (χ2n) is 2.34. The van der Waals surface area contributed by atoms with E-state index in [9.17, 15) is 9.18 Å². The zero-order valence-electron chi connectivity index (χ0n) is 6.23. The average Bonchev–Trinajstić information content (AvgIpc) is 2.01. The third kappa shape index (κ3) is 2.83. The Morgan fingerprint density at radius 1 is 1.31 bits per heavy atom. The first-order chi connectivity index (χ1) is 5.91. The van der Waals surface area contributed by atoms with Crippen LogP contribution in [0.1, 0.15) is 10.4 Å². The predicted molar refractivity (Wildman–Crippen MR) is 51.0 cm³/mol. The van der Waals surface area contributed by atoms with Crippen LogP contribution in [0.2, 0.25) is 0 Å². The van der Waals surface area contributed by atoms with Gasteiger partial charge in [0.15, 0.2) is 0 Å². The number of hydrogen-bond donors (Lipinski definition) is 0. The molecule has 0 aliphatic heterocycles. The minimum atomic E-state index is -2.03. The summed E-state index contributed by atoms with van der Waals surface area (Å²) in [7, 11) is 0. The largest absolute Gasteiger partial charge is 0.289 e. The van der Waals surface area contributed by atoms with Gasteiger partial charge in [-0.05, 0) is 12.1 Å². The molecule has 0 heterocycles. The Balaban J connectivity index is 3.03. The molecule has 1 aromatic carbocycles. The van der Waals surface area contributed by atoms with E-state index >= 15 is 0 Å². The molecule has 0 unspecified atom stereocenters. The molecule has 70 valence electrons. The van der Waals surface area contributed by atoms with Crippen LogP contribution < -0.4 is 0 Å². The average molecular weight is 241 g/mol. The van der Waals surface area contributed by atoms with Gasteiger partial charge in [0.05, 0.1) is 0 Å². The smallest absolute Gasteiger partial charge is 0.253 e. The fourth-order valence-electron chi connectivity index (χ4n) is 0.793. The highest BCUT2D eigenvalue weighted by Crippen LogP contribution is 2.30. The Hall–Kier alpha value is -0.310. The molecule has 0 bridgehead atoms. The highest BCUT2D eigenvalue weighted by atomic mass is 35.6. The summed E-state index contributed by atoms with van der Waals surface area (Å²) >= 11 is 16.0. The van der Waals surface area contributed by atoms with E-state index in [1.165, 1.54) is 18.2 Å². The summed E-state index contributed by atoms with van der Waals surface area (Å²) in [5, 5.41) is 0. The topological polar surface area (TPSA) is 17.1 Å². The Bertz CT molecular complexity index is 332. The minimum Gasteiger partial charge on any atom is -0.289 e. The van der Waals surface area contributed by atoms with E-state index < -0.39 is 15.4 Å². The molecule has 0 aromatic heterocycles. The lowest BCUT2D eigenvalue weighted by Gasteiger charge is -2.08. The lowest BCUT2D eigenvalue weighted by Crippen LogP contribution is -2.18. The Kier molecular flexibility index (Phi) is 3.17. The lowest BCUT2D eigenvalue weighted by molar-refractivity contribution is 0.0996. The zero-order valence-corrected chi connectivity index (χ0v) is 8.50. The maximum atomic E-state index is 12.6. The van der Waals surface area contributed by atoms with Gasteiger partial charge in [0.25, 0.3) is 3.79 Å². The number of alkyl halides is 3. The van der Waals surface area contributed by atoms with Gasteiger partial charge < -0.3 is 0 Å². The summed E-state index contributed by atoms with van der Waals surface area (Å²) < 4.78 is 10.6. The van der Waals surface area contributed by atoms with Crippen molar-refractivity contribution in [2.75, 3.05) is 0 Å². The fraction of sp³-hybridized carbons (Fsp3) is 0.125. The van der Waals surface area contributed by atoms with Gasteiger partial charge in [-0.1, -0.05) is 46.9 Å². The van der Waals surface area contributed by atoms with Crippen molar-refractivity contribution in [1.82, 2.24) is 0 Å². The molecule has 0 aliphatic carbocycles. The molecular weight excluding hydrogens is 237 g/mol. The molecule has 0 spiro atoms. The highest BCUT2D eigenvalue weighted by Gasteiger charge is 2.31. The van der Waals surface area contributed by atoms with Crippen molar-refractivity contribution >= 4 is 40.6 Å². The van der Waals surface area contributed by atoms with E-state index in [2.05, 4.69) is 0 Å². The van der Waals surface area contributed by atoms with E-state index in [0.29, 0.717) is 0 Å². The predicted octanol–water partition coefficient (Wildman–Crippen LogP) is 3.38. The van der Waals surface area contributed by atoms with Crippen molar-refractivity contribution in [2.45, 2.75) is 3.79 Å². The van der Waals surface area contributed by atoms with Crippen LogP contribution >= 0.6 is 34.8 Å². The van der Waals surface area contributed by atoms with Gasteiger partial charge in [-0.15, -0.1) is 0 Å². The summed E-state index contributed by atoms with van der Waals surface area (Å²) in [6.07, 6.45) is 0. The summed E-state index contributed by atoms with van der Waals surface area (Å²) in [6, 6.07) is 4.98. The number of Topliss-reactive ketones (excluding diaryl/α,β-unsaturated/α-hetero) is 1. The summed E-state index contributed by atoms with van der Waals surface area (Å²) in [5.74, 6) is -1.28. The molecule has 0 radical (unpaired) electrons. The first-order valence-electron chi connectivity index (χ1n) is 3.28. The standard InChI is InChI=1S/C8H4Cl3FO/c9-8(10,11)7(13)5-2-1-3-6(12)4-5/h1-4H. The Morgan fingerprint density at radius 3 is 2.38 bits per heavy atom. The molecule has 0 atom stereocenters. The molecule has 0 N–H and O–H groups in total. The number of carbonyl (C=O) groups is 1. The van der Waals surface area contributed by atoms with Gasteiger partial charge in [0.1, 0.15) is 5.82 Å². The van der Waals surface area contributed by atoms with E-state index in [1.54, 1.807) is 0 Å². The SMILES string of the molecule is O=C(c1cccc(F)c1)C(Cl)(Cl)Cl. The molecular formula is C8H4Cl3FO. The van der Waals surface area contributed by atoms with Crippen LogP contribution in [0.15, 0.2) is 24.3 Å². The molecule has 0 amide bonds. The van der Waals surface area contributed by atoms with E-state index in [1.807, 2.05) is 0 Å². The fourth-order valence-corrected chi connectivity index (χ4v) is 1.12. The molecule has 0 saturated heterocycles.